The van der Waals surface area contributed by atoms with Gasteiger partial charge in [-0.2, -0.15) is 13.2 Å². The molecule has 0 radical (unpaired) electrons. The second kappa shape index (κ2) is 6.77. The Morgan fingerprint density at radius 3 is 2.76 bits per heavy atom. The van der Waals surface area contributed by atoms with Crippen LogP contribution in [0, 0.1) is 35.0 Å². The van der Waals surface area contributed by atoms with Gasteiger partial charge in [-0.25, -0.2) is 0 Å². The van der Waals surface area contributed by atoms with E-state index in [2.05, 4.69) is 18.8 Å². The third kappa shape index (κ3) is 2.76. The molecule has 1 aromatic heterocycles. The molecule has 4 nitrogen and oxygen atoms in total. The largest absolute Gasteiger partial charge is 0.417 e. The maximum absolute atomic E-state index is 13.9. The first-order valence-corrected chi connectivity index (χ1v) is 13.1. The summed E-state index contributed by atoms with van der Waals surface area (Å²) in [5.41, 5.74) is 0.296. The van der Waals surface area contributed by atoms with Crippen molar-refractivity contribution in [3.63, 3.8) is 0 Å². The first-order chi connectivity index (χ1) is 16.1. The molecule has 34 heavy (non-hydrogen) atoms. The third-order valence-electron chi connectivity index (χ3n) is 11.2. The quantitative estimate of drug-likeness (QED) is 0.549. The Morgan fingerprint density at radius 1 is 1.18 bits per heavy atom. The Labute approximate surface area is 198 Å². The van der Waals surface area contributed by atoms with Crippen molar-refractivity contribution in [2.24, 2.45) is 35.0 Å². The van der Waals surface area contributed by atoms with Gasteiger partial charge >= 0.3 is 6.18 Å². The highest BCUT2D eigenvalue weighted by molar-refractivity contribution is 5.86. The van der Waals surface area contributed by atoms with Gasteiger partial charge in [-0.1, -0.05) is 6.92 Å². The molecule has 184 valence electrons. The molecule has 2 aliphatic carbocycles. The first-order valence-electron chi connectivity index (χ1n) is 13.1. The number of fused-ring (bicyclic) bond motifs is 7. The van der Waals surface area contributed by atoms with E-state index < -0.39 is 11.7 Å². The summed E-state index contributed by atoms with van der Waals surface area (Å²) in [7, 11) is 0. The number of halogens is 3. The van der Waals surface area contributed by atoms with Gasteiger partial charge in [0.25, 0.3) is 0 Å². The zero-order valence-electron chi connectivity index (χ0n) is 19.9. The minimum atomic E-state index is -4.41. The molecule has 0 N–H and O–H groups in total. The predicted molar refractivity (Wildman–Crippen MR) is 118 cm³/mol. The van der Waals surface area contributed by atoms with Crippen LogP contribution in [0.25, 0.3) is 0 Å². The summed E-state index contributed by atoms with van der Waals surface area (Å²) in [5, 5.41) is 0. The van der Waals surface area contributed by atoms with Crippen molar-refractivity contribution in [3.8, 4) is 0 Å². The average molecular weight is 475 g/mol. The van der Waals surface area contributed by atoms with Crippen LogP contribution < -0.4 is 0 Å². The van der Waals surface area contributed by atoms with Crippen molar-refractivity contribution in [1.82, 2.24) is 9.88 Å². The molecule has 2 saturated carbocycles. The summed E-state index contributed by atoms with van der Waals surface area (Å²) in [5.74, 6) is 3.04. The molecule has 0 aromatic carbocycles. The molecule has 7 rings (SSSR count). The second-order valence-electron chi connectivity index (χ2n) is 12.5. The average Bonchev–Trinajstić information content (AvgIpc) is 3.58. The molecule has 5 fully saturated rings. The van der Waals surface area contributed by atoms with Crippen molar-refractivity contribution < 1.29 is 22.7 Å². The molecule has 2 bridgehead atoms. The number of ether oxygens (including phenoxy) is 1. The predicted octanol–water partition coefficient (Wildman–Crippen LogP) is 5.38. The van der Waals surface area contributed by atoms with Crippen LogP contribution in [0.4, 0.5) is 13.2 Å². The molecule has 1 spiro atoms. The summed E-state index contributed by atoms with van der Waals surface area (Å²) in [6.07, 6.45) is 5.41. The lowest BCUT2D eigenvalue weighted by molar-refractivity contribution is -0.138. The molecule has 5 heterocycles. The van der Waals surface area contributed by atoms with E-state index in [0.717, 1.165) is 31.2 Å². The lowest BCUT2D eigenvalue weighted by atomic mass is 9.72. The third-order valence-corrected chi connectivity index (χ3v) is 11.2. The standard InChI is InChI=1S/C27H33F3N2O2/c1-14-22-10-21-17(7-18(12-31-21)27(28,29)30)13-32(22)24(33)26(14)6-3-15(11-26)16-8-19-20(9-16)25(2)5-4-23(19)34-25/h7,12,14-16,19-20,22-23H,3-6,8-11,13H2,1-2H3/t14?,15?,16?,19?,20?,22?,23-,25-,26-/m0/s1. The molecule has 7 heteroatoms. The maximum atomic E-state index is 13.9. The Kier molecular flexibility index (Phi) is 4.31. The van der Waals surface area contributed by atoms with E-state index in [9.17, 15) is 18.0 Å². The molecular weight excluding hydrogens is 441 g/mol. The SMILES string of the molecule is CC1C2Cc3ncc(C(F)(F)F)cc3CN2C(=O)[C@]12CCC(C1CC3C(C1)[C@]1(C)CC[C@@H]3O1)C2. The van der Waals surface area contributed by atoms with Crippen LogP contribution in [0.1, 0.15) is 75.6 Å². The van der Waals surface area contributed by atoms with E-state index >= 15 is 0 Å². The van der Waals surface area contributed by atoms with E-state index in [1.165, 1.54) is 31.7 Å². The Bertz CT molecular complexity index is 1060. The number of aromatic nitrogens is 1. The second-order valence-corrected chi connectivity index (χ2v) is 12.5. The summed E-state index contributed by atoms with van der Waals surface area (Å²) in [6.45, 7) is 4.78. The van der Waals surface area contributed by atoms with E-state index in [0.29, 0.717) is 41.8 Å². The van der Waals surface area contributed by atoms with Gasteiger partial charge in [-0.05, 0) is 93.1 Å². The molecule has 1 aromatic rings. The fourth-order valence-corrected chi connectivity index (χ4v) is 9.34. The van der Waals surface area contributed by atoms with Crippen LogP contribution in [-0.2, 0) is 28.7 Å². The van der Waals surface area contributed by atoms with E-state index in [1.807, 2.05) is 4.90 Å². The highest BCUT2D eigenvalue weighted by Gasteiger charge is 2.64. The zero-order valence-corrected chi connectivity index (χ0v) is 19.9. The highest BCUT2D eigenvalue weighted by atomic mass is 19.4. The molecular formula is C27H33F3N2O2. The van der Waals surface area contributed by atoms with E-state index in [4.69, 9.17) is 4.74 Å². The number of hydrogen-bond acceptors (Lipinski definition) is 3. The molecule has 3 saturated heterocycles. The number of amides is 1. The highest BCUT2D eigenvalue weighted by Crippen LogP contribution is 2.64. The number of rotatable bonds is 1. The summed E-state index contributed by atoms with van der Waals surface area (Å²) >= 11 is 0. The van der Waals surface area contributed by atoms with Gasteiger partial charge in [0.15, 0.2) is 0 Å². The van der Waals surface area contributed by atoms with Gasteiger partial charge in [0.1, 0.15) is 0 Å². The van der Waals surface area contributed by atoms with E-state index in [-0.39, 0.29) is 35.4 Å². The summed E-state index contributed by atoms with van der Waals surface area (Å²) < 4.78 is 46.0. The normalized spacial score (nSPS) is 46.9. The Balaban J connectivity index is 1.11. The maximum Gasteiger partial charge on any atom is 0.417 e. The van der Waals surface area contributed by atoms with Crippen LogP contribution >= 0.6 is 0 Å². The number of nitrogens with zero attached hydrogens (tertiary/aromatic N) is 2. The van der Waals surface area contributed by atoms with Crippen molar-refractivity contribution in [1.29, 1.82) is 0 Å². The summed E-state index contributed by atoms with van der Waals surface area (Å²) in [6, 6.07) is 1.25. The fourth-order valence-electron chi connectivity index (χ4n) is 9.34. The number of carbonyl (C=O) groups excluding carboxylic acids is 1. The lowest BCUT2D eigenvalue weighted by Gasteiger charge is -2.33. The molecule has 9 atom stereocenters. The van der Waals surface area contributed by atoms with Crippen molar-refractivity contribution >= 4 is 5.91 Å². The van der Waals surface area contributed by atoms with Gasteiger partial charge in [0, 0.05) is 30.9 Å². The zero-order chi connectivity index (χ0) is 23.6. The van der Waals surface area contributed by atoms with E-state index in [1.54, 1.807) is 0 Å². The van der Waals surface area contributed by atoms with Gasteiger partial charge in [-0.3, -0.25) is 9.78 Å². The van der Waals surface area contributed by atoms with Crippen LogP contribution in [0.5, 0.6) is 0 Å². The van der Waals surface area contributed by atoms with Gasteiger partial charge in [0.05, 0.1) is 22.7 Å². The topological polar surface area (TPSA) is 42.4 Å². The number of alkyl halides is 3. The minimum Gasteiger partial charge on any atom is -0.371 e. The van der Waals surface area contributed by atoms with Crippen LogP contribution in [0.3, 0.4) is 0 Å². The minimum absolute atomic E-state index is 0.0501. The summed E-state index contributed by atoms with van der Waals surface area (Å²) in [4.78, 5) is 19.9. The van der Waals surface area contributed by atoms with Crippen molar-refractivity contribution in [2.75, 3.05) is 0 Å². The van der Waals surface area contributed by atoms with Crippen LogP contribution in [0.15, 0.2) is 12.3 Å². The van der Waals surface area contributed by atoms with Crippen molar-refractivity contribution in [2.45, 2.75) is 95.7 Å². The number of carbonyl (C=O) groups is 1. The van der Waals surface area contributed by atoms with Crippen LogP contribution in [0.2, 0.25) is 0 Å². The van der Waals surface area contributed by atoms with Crippen LogP contribution in [-0.4, -0.2) is 33.5 Å². The van der Waals surface area contributed by atoms with Gasteiger partial charge < -0.3 is 9.64 Å². The molecule has 1 amide bonds. The lowest BCUT2D eigenvalue weighted by Crippen LogP contribution is -2.40. The monoisotopic (exact) mass is 474 g/mol. The first kappa shape index (κ1) is 21.6. The Morgan fingerprint density at radius 2 is 2.00 bits per heavy atom. The van der Waals surface area contributed by atoms with Crippen molar-refractivity contribution in [3.05, 3.63) is 29.1 Å². The molecule has 6 aliphatic rings. The Hall–Kier alpha value is -1.63. The molecule has 6 unspecified atom stereocenters. The van der Waals surface area contributed by atoms with Gasteiger partial charge in [-0.15, -0.1) is 0 Å². The number of hydrogen-bond donors (Lipinski definition) is 0. The fraction of sp³-hybridized carbons (Fsp3) is 0.778. The number of pyridine rings is 1. The smallest absolute Gasteiger partial charge is 0.371 e. The van der Waals surface area contributed by atoms with Gasteiger partial charge in [0.2, 0.25) is 5.91 Å². The molecule has 4 aliphatic heterocycles.